The van der Waals surface area contributed by atoms with Gasteiger partial charge in [-0.2, -0.15) is 5.10 Å². The number of aromatic nitrogens is 3. The molecule has 4 rings (SSSR count). The van der Waals surface area contributed by atoms with Crippen molar-refractivity contribution in [3.05, 3.63) is 48.1 Å². The molecule has 0 fully saturated rings. The number of fused-ring (bicyclic) bond motifs is 2. The summed E-state index contributed by atoms with van der Waals surface area (Å²) in [6.45, 7) is 0. The van der Waals surface area contributed by atoms with E-state index in [1.165, 1.54) is 4.70 Å². The quantitative estimate of drug-likeness (QED) is 0.538. The Morgan fingerprint density at radius 2 is 2.11 bits per heavy atom. The van der Waals surface area contributed by atoms with E-state index in [0.717, 1.165) is 27.8 Å². The minimum atomic E-state index is 0.728. The van der Waals surface area contributed by atoms with Gasteiger partial charge in [0.1, 0.15) is 0 Å². The maximum atomic E-state index is 5.86. The summed E-state index contributed by atoms with van der Waals surface area (Å²) in [6.07, 6.45) is 3.65. The summed E-state index contributed by atoms with van der Waals surface area (Å²) in [5.41, 5.74) is 7.57. The van der Waals surface area contributed by atoms with Crippen molar-refractivity contribution < 1.29 is 0 Å². The second kappa shape index (κ2) is 3.80. The van der Waals surface area contributed by atoms with E-state index in [-0.39, 0.29) is 0 Å². The van der Waals surface area contributed by atoms with Gasteiger partial charge in [0, 0.05) is 27.4 Å². The Morgan fingerprint density at radius 3 is 3.05 bits per heavy atom. The fourth-order valence-corrected chi connectivity index (χ4v) is 3.03. The van der Waals surface area contributed by atoms with Crippen LogP contribution in [0, 0.1) is 0 Å². The van der Waals surface area contributed by atoms with E-state index in [9.17, 15) is 0 Å². The van der Waals surface area contributed by atoms with Gasteiger partial charge in [-0.1, -0.05) is 0 Å². The highest BCUT2D eigenvalue weighted by Crippen LogP contribution is 2.27. The van der Waals surface area contributed by atoms with E-state index in [1.54, 1.807) is 11.3 Å². The van der Waals surface area contributed by atoms with Crippen molar-refractivity contribution in [2.75, 3.05) is 5.73 Å². The molecule has 0 aliphatic heterocycles. The van der Waals surface area contributed by atoms with Gasteiger partial charge < -0.3 is 5.73 Å². The maximum Gasteiger partial charge on any atom is 0.162 e. The molecule has 0 saturated heterocycles. The number of anilines is 1. The molecular weight excluding hydrogens is 256 g/mol. The van der Waals surface area contributed by atoms with Crippen LogP contribution in [0.5, 0.6) is 0 Å². The van der Waals surface area contributed by atoms with Crippen LogP contribution in [0.1, 0.15) is 0 Å². The number of thiophene rings is 1. The minimum absolute atomic E-state index is 0.728. The lowest BCUT2D eigenvalue weighted by Gasteiger charge is -2.04. The number of hydrogen-bond acceptors (Lipinski definition) is 4. The summed E-state index contributed by atoms with van der Waals surface area (Å²) < 4.78 is 3.05. The summed E-state index contributed by atoms with van der Waals surface area (Å²) in [7, 11) is 0. The molecule has 19 heavy (non-hydrogen) atoms. The zero-order valence-corrected chi connectivity index (χ0v) is 10.8. The Labute approximate surface area is 113 Å². The highest BCUT2D eigenvalue weighted by molar-refractivity contribution is 7.17. The lowest BCUT2D eigenvalue weighted by atomic mass is 10.2. The zero-order chi connectivity index (χ0) is 12.8. The monoisotopic (exact) mass is 266 g/mol. The lowest BCUT2D eigenvalue weighted by molar-refractivity contribution is 0.885. The van der Waals surface area contributed by atoms with Gasteiger partial charge in [0.05, 0.1) is 11.7 Å². The first-order valence-electron chi connectivity index (χ1n) is 5.89. The van der Waals surface area contributed by atoms with Crippen LogP contribution in [0.15, 0.2) is 48.1 Å². The Balaban J connectivity index is 2.09. The van der Waals surface area contributed by atoms with E-state index in [4.69, 9.17) is 5.73 Å². The van der Waals surface area contributed by atoms with E-state index >= 15 is 0 Å². The molecule has 0 atom stereocenters. The van der Waals surface area contributed by atoms with Crippen molar-refractivity contribution in [2.24, 2.45) is 0 Å². The minimum Gasteiger partial charge on any atom is -0.399 e. The molecule has 0 radical (unpaired) electrons. The molecular formula is C14H10N4S. The Kier molecular flexibility index (Phi) is 2.10. The summed E-state index contributed by atoms with van der Waals surface area (Å²) in [5, 5.41) is 8.67. The first kappa shape index (κ1) is 10.5. The fourth-order valence-electron chi connectivity index (χ4n) is 2.25. The third kappa shape index (κ3) is 1.52. The Bertz CT molecular complexity index is 891. The predicted octanol–water partition coefficient (Wildman–Crippen LogP) is 3.22. The Morgan fingerprint density at radius 1 is 1.16 bits per heavy atom. The second-order valence-corrected chi connectivity index (χ2v) is 5.29. The Hall–Kier alpha value is -2.40. The van der Waals surface area contributed by atoms with Crippen molar-refractivity contribution in [1.82, 2.24) is 14.8 Å². The average Bonchev–Trinajstić information content (AvgIpc) is 3.03. The number of benzene rings is 1. The molecule has 3 aromatic heterocycles. The third-order valence-corrected chi connectivity index (χ3v) is 4.04. The van der Waals surface area contributed by atoms with Crippen molar-refractivity contribution >= 4 is 38.0 Å². The van der Waals surface area contributed by atoms with Crippen LogP contribution in [0.3, 0.4) is 0 Å². The van der Waals surface area contributed by atoms with Crippen LogP contribution in [0.2, 0.25) is 0 Å². The van der Waals surface area contributed by atoms with Gasteiger partial charge in [-0.25, -0.2) is 9.67 Å². The average molecular weight is 266 g/mol. The zero-order valence-electron chi connectivity index (χ0n) is 9.95. The molecule has 0 amide bonds. The SMILES string of the molecule is Nc1ccc2cnn(-c3nccc4sccc34)c2c1. The van der Waals surface area contributed by atoms with Crippen LogP contribution in [-0.4, -0.2) is 14.8 Å². The highest BCUT2D eigenvalue weighted by atomic mass is 32.1. The van der Waals surface area contributed by atoms with Crippen molar-refractivity contribution in [3.63, 3.8) is 0 Å². The largest absolute Gasteiger partial charge is 0.399 e. The van der Waals surface area contributed by atoms with Gasteiger partial charge in [0.2, 0.25) is 0 Å². The standard InChI is InChI=1S/C14H10N4S/c15-10-2-1-9-8-17-18(12(9)7-10)14-11-4-6-19-13(11)3-5-16-14/h1-8H,15H2. The number of nitrogens with two attached hydrogens (primary N) is 1. The molecule has 3 heterocycles. The van der Waals surface area contributed by atoms with Gasteiger partial charge in [-0.15, -0.1) is 11.3 Å². The molecule has 0 unspecified atom stereocenters. The van der Waals surface area contributed by atoms with Gasteiger partial charge in [0.15, 0.2) is 5.82 Å². The van der Waals surface area contributed by atoms with Gasteiger partial charge in [-0.3, -0.25) is 0 Å². The summed E-state index contributed by atoms with van der Waals surface area (Å²) in [4.78, 5) is 4.47. The van der Waals surface area contributed by atoms with Crippen molar-refractivity contribution in [2.45, 2.75) is 0 Å². The van der Waals surface area contributed by atoms with Crippen LogP contribution >= 0.6 is 11.3 Å². The predicted molar refractivity (Wildman–Crippen MR) is 78.7 cm³/mol. The van der Waals surface area contributed by atoms with E-state index in [1.807, 2.05) is 41.3 Å². The number of pyridine rings is 1. The normalized spacial score (nSPS) is 11.4. The number of rotatable bonds is 1. The lowest BCUT2D eigenvalue weighted by Crippen LogP contribution is -1.99. The van der Waals surface area contributed by atoms with Crippen LogP contribution in [0.25, 0.3) is 26.8 Å². The molecule has 0 spiro atoms. The van der Waals surface area contributed by atoms with Gasteiger partial charge in [0.25, 0.3) is 0 Å². The van der Waals surface area contributed by atoms with Crippen LogP contribution < -0.4 is 5.73 Å². The van der Waals surface area contributed by atoms with E-state index in [0.29, 0.717) is 0 Å². The molecule has 0 saturated carbocycles. The van der Waals surface area contributed by atoms with E-state index < -0.39 is 0 Å². The highest BCUT2D eigenvalue weighted by Gasteiger charge is 2.10. The summed E-state index contributed by atoms with van der Waals surface area (Å²) >= 11 is 1.70. The molecule has 4 nitrogen and oxygen atoms in total. The molecule has 4 aromatic rings. The smallest absolute Gasteiger partial charge is 0.162 e. The molecule has 2 N–H and O–H groups in total. The van der Waals surface area contributed by atoms with Crippen LogP contribution in [0.4, 0.5) is 5.69 Å². The third-order valence-electron chi connectivity index (χ3n) is 3.15. The molecule has 92 valence electrons. The summed E-state index contributed by atoms with van der Waals surface area (Å²) in [5.74, 6) is 0.847. The van der Waals surface area contributed by atoms with Crippen molar-refractivity contribution in [3.8, 4) is 5.82 Å². The molecule has 0 bridgehead atoms. The molecule has 0 aliphatic carbocycles. The first-order chi connectivity index (χ1) is 9.33. The van der Waals surface area contributed by atoms with Crippen molar-refractivity contribution in [1.29, 1.82) is 0 Å². The maximum absolute atomic E-state index is 5.86. The first-order valence-corrected chi connectivity index (χ1v) is 6.77. The number of hydrogen-bond donors (Lipinski definition) is 1. The molecule has 5 heteroatoms. The van der Waals surface area contributed by atoms with Gasteiger partial charge >= 0.3 is 0 Å². The summed E-state index contributed by atoms with van der Waals surface area (Å²) in [6, 6.07) is 9.87. The number of nitrogens with zero attached hydrogens (tertiary/aromatic N) is 3. The molecule has 1 aromatic carbocycles. The van der Waals surface area contributed by atoms with Gasteiger partial charge in [-0.05, 0) is 35.7 Å². The second-order valence-electron chi connectivity index (χ2n) is 4.34. The number of nitrogen functional groups attached to an aromatic ring is 1. The van der Waals surface area contributed by atoms with Crippen LogP contribution in [-0.2, 0) is 0 Å². The topological polar surface area (TPSA) is 56.7 Å². The van der Waals surface area contributed by atoms with E-state index in [2.05, 4.69) is 21.5 Å². The fraction of sp³-hybridized carbons (Fsp3) is 0. The molecule has 0 aliphatic rings.